The number of rotatable bonds is 9. The number of benzene rings is 6. The third kappa shape index (κ3) is 15.2. The molecule has 256 valence electrons. The number of allylic oxidation sites excluding steroid dienone is 2. The van der Waals surface area contributed by atoms with Crippen molar-refractivity contribution in [3.05, 3.63) is 216 Å². The highest BCUT2D eigenvalue weighted by Gasteiger charge is 1.99. The van der Waals surface area contributed by atoms with E-state index in [1.165, 1.54) is 65.5 Å². The van der Waals surface area contributed by atoms with Crippen LogP contribution in [-0.2, 0) is 12.8 Å². The van der Waals surface area contributed by atoms with Gasteiger partial charge in [0.05, 0.1) is 0 Å². The zero-order valence-electron chi connectivity index (χ0n) is 30.6. The van der Waals surface area contributed by atoms with Gasteiger partial charge in [-0.1, -0.05) is 214 Å². The Morgan fingerprint density at radius 3 is 1.36 bits per heavy atom. The molecule has 0 fully saturated rings. The lowest BCUT2D eigenvalue weighted by molar-refractivity contribution is 0.795. The molecule has 0 heterocycles. The van der Waals surface area contributed by atoms with Gasteiger partial charge in [-0.25, -0.2) is 0 Å². The van der Waals surface area contributed by atoms with Gasteiger partial charge in [0.25, 0.3) is 0 Å². The van der Waals surface area contributed by atoms with Crippen LogP contribution < -0.4 is 5.73 Å². The minimum Gasteiger partial charge on any atom is -0.398 e. The van der Waals surface area contributed by atoms with E-state index in [9.17, 15) is 0 Å². The molecule has 0 saturated heterocycles. The van der Waals surface area contributed by atoms with Crippen molar-refractivity contribution in [1.29, 1.82) is 0 Å². The predicted molar refractivity (Wildman–Crippen MR) is 221 cm³/mol. The molecule has 0 aliphatic carbocycles. The second-order valence-corrected chi connectivity index (χ2v) is 12.4. The number of nitrogens with two attached hydrogens (primary N) is 1. The number of hydrogen-bond acceptors (Lipinski definition) is 1. The summed E-state index contributed by atoms with van der Waals surface area (Å²) in [7, 11) is 0. The quantitative estimate of drug-likeness (QED) is 0.154. The van der Waals surface area contributed by atoms with Gasteiger partial charge in [0, 0.05) is 5.70 Å². The normalized spacial score (nSPS) is 10.3. The zero-order valence-corrected chi connectivity index (χ0v) is 30.6. The van der Waals surface area contributed by atoms with Crippen LogP contribution in [0.1, 0.15) is 66.5 Å². The Hall–Kier alpha value is -5.40. The smallest absolute Gasteiger partial charge is 0.0393 e. The highest BCUT2D eigenvalue weighted by molar-refractivity contribution is 5.81. The molecule has 0 amide bonds. The minimum atomic E-state index is 0.736. The van der Waals surface area contributed by atoms with Crippen LogP contribution in [0.3, 0.4) is 0 Å². The predicted octanol–water partition coefficient (Wildman–Crippen LogP) is 13.3. The molecular weight excluding hydrogens is 603 g/mol. The lowest BCUT2D eigenvalue weighted by atomic mass is 10.0. The van der Waals surface area contributed by atoms with Gasteiger partial charge in [-0.2, -0.15) is 0 Å². The average molecular weight is 658 g/mol. The fraction of sp³-hybridized carbons (Fsp3) is 0.184. The van der Waals surface area contributed by atoms with Crippen molar-refractivity contribution in [2.45, 2.75) is 59.8 Å². The van der Waals surface area contributed by atoms with Crippen molar-refractivity contribution in [2.24, 2.45) is 5.73 Å². The largest absolute Gasteiger partial charge is 0.398 e. The third-order valence-corrected chi connectivity index (χ3v) is 8.06. The van der Waals surface area contributed by atoms with Crippen molar-refractivity contribution in [3.63, 3.8) is 0 Å². The number of unbranched alkanes of at least 4 members (excludes halogenated alkanes) is 1. The van der Waals surface area contributed by atoms with E-state index < -0.39 is 0 Å². The molecular formula is C49H55N. The number of hydrogen-bond donors (Lipinski definition) is 1. The summed E-state index contributed by atoms with van der Waals surface area (Å²) in [5, 5.41) is 0. The second kappa shape index (κ2) is 23.0. The molecule has 2 N–H and O–H groups in total. The lowest BCUT2D eigenvalue weighted by Crippen LogP contribution is -1.96. The maximum atomic E-state index is 6.03. The molecule has 0 atom stereocenters. The van der Waals surface area contributed by atoms with E-state index in [0.29, 0.717) is 0 Å². The summed E-state index contributed by atoms with van der Waals surface area (Å²) < 4.78 is 0. The van der Waals surface area contributed by atoms with E-state index >= 15 is 0 Å². The maximum absolute atomic E-state index is 6.03. The SMILES string of the molecule is C=C(/C=C(\N)c1ccccc1)c1ccccc1.CCCCc1ccc(-c2ccc(C)cc2)cc1.CCCc1ccccc1.Cc1ccccc1. The highest BCUT2D eigenvalue weighted by atomic mass is 14.6. The first-order valence-corrected chi connectivity index (χ1v) is 17.9. The summed E-state index contributed by atoms with van der Waals surface area (Å²) in [6.07, 6.45) is 8.10. The molecule has 6 aromatic carbocycles. The van der Waals surface area contributed by atoms with Crippen molar-refractivity contribution >= 4 is 11.3 Å². The van der Waals surface area contributed by atoms with Gasteiger partial charge in [-0.15, -0.1) is 0 Å². The lowest BCUT2D eigenvalue weighted by Gasteiger charge is -2.04. The molecule has 0 bridgehead atoms. The molecule has 6 aromatic rings. The second-order valence-electron chi connectivity index (χ2n) is 12.4. The van der Waals surface area contributed by atoms with Crippen LogP contribution in [0.2, 0.25) is 0 Å². The van der Waals surface area contributed by atoms with Crippen LogP contribution in [0.4, 0.5) is 0 Å². The molecule has 6 rings (SSSR count). The molecule has 1 nitrogen and oxygen atoms in total. The fourth-order valence-electron chi connectivity index (χ4n) is 5.10. The summed E-state index contributed by atoms with van der Waals surface area (Å²) in [5.41, 5.74) is 17.9. The van der Waals surface area contributed by atoms with E-state index in [2.05, 4.69) is 125 Å². The van der Waals surface area contributed by atoms with Gasteiger partial charge in [0.15, 0.2) is 0 Å². The summed E-state index contributed by atoms with van der Waals surface area (Å²) in [4.78, 5) is 0. The van der Waals surface area contributed by atoms with E-state index in [-0.39, 0.29) is 0 Å². The fourth-order valence-corrected chi connectivity index (χ4v) is 5.10. The topological polar surface area (TPSA) is 26.0 Å². The first-order valence-electron chi connectivity index (χ1n) is 17.9. The average Bonchev–Trinajstić information content (AvgIpc) is 3.17. The van der Waals surface area contributed by atoms with E-state index in [0.717, 1.165) is 22.4 Å². The zero-order chi connectivity index (χ0) is 35.8. The Labute approximate surface area is 302 Å². The maximum Gasteiger partial charge on any atom is 0.0393 e. The first kappa shape index (κ1) is 39.0. The van der Waals surface area contributed by atoms with Crippen molar-refractivity contribution in [3.8, 4) is 11.1 Å². The number of aryl methyl sites for hydroxylation is 4. The van der Waals surface area contributed by atoms with Gasteiger partial charge in [0.2, 0.25) is 0 Å². The Kier molecular flexibility index (Phi) is 18.0. The molecule has 0 aromatic heterocycles. The van der Waals surface area contributed by atoms with Crippen molar-refractivity contribution in [1.82, 2.24) is 0 Å². The van der Waals surface area contributed by atoms with Crippen molar-refractivity contribution < 1.29 is 0 Å². The van der Waals surface area contributed by atoms with Crippen molar-refractivity contribution in [2.75, 3.05) is 0 Å². The van der Waals surface area contributed by atoms with Crippen LogP contribution in [0, 0.1) is 13.8 Å². The molecule has 0 spiro atoms. The Morgan fingerprint density at radius 2 is 0.900 bits per heavy atom. The van der Waals surface area contributed by atoms with Gasteiger partial charge < -0.3 is 5.73 Å². The first-order chi connectivity index (χ1) is 24.4. The summed E-state index contributed by atoms with van der Waals surface area (Å²) in [6, 6.07) is 58.4. The molecule has 0 radical (unpaired) electrons. The van der Waals surface area contributed by atoms with Crippen LogP contribution in [-0.4, -0.2) is 0 Å². The van der Waals surface area contributed by atoms with Gasteiger partial charge >= 0.3 is 0 Å². The summed E-state index contributed by atoms with van der Waals surface area (Å²) >= 11 is 0. The van der Waals surface area contributed by atoms with Crippen LogP contribution >= 0.6 is 0 Å². The summed E-state index contributed by atoms with van der Waals surface area (Å²) in [5.74, 6) is 0. The van der Waals surface area contributed by atoms with Gasteiger partial charge in [0.1, 0.15) is 0 Å². The summed E-state index contributed by atoms with van der Waals surface area (Å²) in [6.45, 7) is 12.7. The Balaban J connectivity index is 0.000000192. The van der Waals surface area contributed by atoms with E-state index in [1.54, 1.807) is 0 Å². The molecule has 0 saturated carbocycles. The monoisotopic (exact) mass is 657 g/mol. The molecule has 50 heavy (non-hydrogen) atoms. The van der Waals surface area contributed by atoms with E-state index in [1.807, 2.05) is 84.9 Å². The van der Waals surface area contributed by atoms with E-state index in [4.69, 9.17) is 5.73 Å². The molecule has 1 heteroatoms. The van der Waals surface area contributed by atoms with Crippen LogP contribution in [0.5, 0.6) is 0 Å². The molecule has 0 aliphatic heterocycles. The molecule has 0 unspecified atom stereocenters. The minimum absolute atomic E-state index is 0.736. The molecule has 0 aliphatic rings. The van der Waals surface area contributed by atoms with Crippen LogP contribution in [0.15, 0.2) is 183 Å². The highest BCUT2D eigenvalue weighted by Crippen LogP contribution is 2.21. The Bertz CT molecular complexity index is 1770. The standard InChI is InChI=1S/C17H20.C16H15N.C9H12.C7H8/c1-3-4-5-15-8-12-17(13-9-15)16-10-6-14(2)7-11-16;1-13(14-8-4-2-5-9-14)12-16(17)15-10-6-3-7-11-15;1-2-6-9-7-4-3-5-8-9;1-7-5-3-2-4-6-7/h6-13H,3-5H2,1-2H3;2-12H,1,17H2;3-5,7-8H,2,6H2,1H3;2-6H,1H3/b;16-12-;;. The third-order valence-electron chi connectivity index (χ3n) is 8.06. The Morgan fingerprint density at radius 1 is 0.480 bits per heavy atom. The van der Waals surface area contributed by atoms with Gasteiger partial charge in [-0.3, -0.25) is 0 Å². The van der Waals surface area contributed by atoms with Crippen LogP contribution in [0.25, 0.3) is 22.4 Å². The van der Waals surface area contributed by atoms with Gasteiger partial charge in [-0.05, 0) is 78.1 Å².